The Morgan fingerprint density at radius 2 is 2.10 bits per heavy atom. The third-order valence-corrected chi connectivity index (χ3v) is 4.06. The molecule has 2 aromatic rings. The minimum absolute atomic E-state index is 0. The zero-order valence-electron chi connectivity index (χ0n) is 12.3. The molecule has 2 rings (SSSR count). The summed E-state index contributed by atoms with van der Waals surface area (Å²) in [5.74, 6) is 1.84. The van der Waals surface area contributed by atoms with E-state index < -0.39 is 0 Å². The summed E-state index contributed by atoms with van der Waals surface area (Å²) in [5.41, 5.74) is 1.21. The third kappa shape index (κ3) is 3.63. The fourth-order valence-corrected chi connectivity index (χ4v) is 3.28. The predicted octanol–water partition coefficient (Wildman–Crippen LogP) is 0.619. The average Bonchev–Trinajstić information content (AvgIpc) is 2.74. The van der Waals surface area contributed by atoms with Gasteiger partial charge in [0.05, 0.1) is 25.9 Å². The smallest absolute Gasteiger partial charge is 0.266 e. The van der Waals surface area contributed by atoms with Crippen LogP contribution in [0.5, 0.6) is 5.75 Å². The van der Waals surface area contributed by atoms with Gasteiger partial charge in [0, 0.05) is 0 Å². The number of halogens is 1. The molecule has 0 N–H and O–H groups in total. The lowest BCUT2D eigenvalue weighted by Gasteiger charge is -2.00. The Bertz CT molecular complexity index is 607. The second kappa shape index (κ2) is 7.83. The largest absolute Gasteiger partial charge is 1.00 e. The van der Waals surface area contributed by atoms with Crippen LogP contribution in [0.1, 0.15) is 25.8 Å². The van der Waals surface area contributed by atoms with E-state index in [1.54, 1.807) is 18.4 Å². The lowest BCUT2D eigenvalue weighted by Crippen LogP contribution is -3.00. The summed E-state index contributed by atoms with van der Waals surface area (Å²) in [7, 11) is 1.70. The number of benzene rings is 1. The highest BCUT2D eigenvalue weighted by molar-refractivity contribution is 7.18. The van der Waals surface area contributed by atoms with Gasteiger partial charge in [-0.15, -0.1) is 0 Å². The number of aryl methyl sites for hydroxylation is 1. The minimum Gasteiger partial charge on any atom is -1.00 e. The van der Waals surface area contributed by atoms with E-state index in [9.17, 15) is 0 Å². The standard InChI is InChI=1S/C15H20NO2S.HI/c1-5-16-13-10-12(17-4)7-8-14(13)19-15(16)9-11(3)18-6-2;/h7-10H,5-6H2,1-4H3;1H/q+1;/p-1. The molecule has 0 radical (unpaired) electrons. The third-order valence-electron chi connectivity index (χ3n) is 2.95. The molecule has 0 amide bonds. The van der Waals surface area contributed by atoms with E-state index in [1.165, 1.54) is 15.2 Å². The van der Waals surface area contributed by atoms with Crippen LogP contribution in [-0.4, -0.2) is 13.7 Å². The molecule has 20 heavy (non-hydrogen) atoms. The van der Waals surface area contributed by atoms with Gasteiger partial charge < -0.3 is 33.5 Å². The van der Waals surface area contributed by atoms with Gasteiger partial charge in [0.2, 0.25) is 5.52 Å². The van der Waals surface area contributed by atoms with Crippen molar-refractivity contribution in [3.8, 4) is 5.75 Å². The summed E-state index contributed by atoms with van der Waals surface area (Å²) in [6.07, 6.45) is 2.10. The maximum atomic E-state index is 5.52. The van der Waals surface area contributed by atoms with Crippen LogP contribution in [0.3, 0.4) is 0 Å². The molecule has 0 spiro atoms. The molecule has 0 saturated carbocycles. The molecular weight excluding hydrogens is 385 g/mol. The van der Waals surface area contributed by atoms with Crippen LogP contribution in [0, 0.1) is 0 Å². The highest BCUT2D eigenvalue weighted by atomic mass is 127. The molecule has 0 unspecified atom stereocenters. The van der Waals surface area contributed by atoms with Gasteiger partial charge in [-0.3, -0.25) is 0 Å². The van der Waals surface area contributed by atoms with Crippen LogP contribution in [0.25, 0.3) is 16.3 Å². The first-order chi connectivity index (χ1) is 9.19. The summed E-state index contributed by atoms with van der Waals surface area (Å²) in [6, 6.07) is 6.20. The van der Waals surface area contributed by atoms with Crippen LogP contribution >= 0.6 is 11.3 Å². The highest BCUT2D eigenvalue weighted by Gasteiger charge is 2.18. The molecule has 1 aromatic carbocycles. The summed E-state index contributed by atoms with van der Waals surface area (Å²) < 4.78 is 14.4. The number of hydrogen-bond donors (Lipinski definition) is 0. The Labute approximate surface area is 141 Å². The van der Waals surface area contributed by atoms with Crippen LogP contribution in [0.2, 0.25) is 0 Å². The Balaban J connectivity index is 0.00000200. The maximum absolute atomic E-state index is 5.52. The lowest BCUT2D eigenvalue weighted by molar-refractivity contribution is -0.665. The van der Waals surface area contributed by atoms with E-state index in [-0.39, 0.29) is 24.0 Å². The van der Waals surface area contributed by atoms with Crippen molar-refractivity contribution >= 4 is 27.6 Å². The van der Waals surface area contributed by atoms with Crippen molar-refractivity contribution in [2.24, 2.45) is 0 Å². The topological polar surface area (TPSA) is 22.3 Å². The molecule has 0 aliphatic rings. The van der Waals surface area contributed by atoms with Gasteiger partial charge in [-0.2, -0.15) is 4.57 Å². The van der Waals surface area contributed by atoms with Gasteiger partial charge in [0.1, 0.15) is 22.8 Å². The van der Waals surface area contributed by atoms with Gasteiger partial charge in [-0.05, 0) is 32.9 Å². The van der Waals surface area contributed by atoms with Crippen molar-refractivity contribution in [1.29, 1.82) is 0 Å². The maximum Gasteiger partial charge on any atom is 0.266 e. The van der Waals surface area contributed by atoms with E-state index in [0.717, 1.165) is 18.1 Å². The van der Waals surface area contributed by atoms with E-state index in [0.29, 0.717) is 6.61 Å². The van der Waals surface area contributed by atoms with Crippen molar-refractivity contribution in [1.82, 2.24) is 0 Å². The van der Waals surface area contributed by atoms with Crippen LogP contribution < -0.4 is 33.3 Å². The number of aromatic nitrogens is 1. The number of rotatable bonds is 5. The molecule has 1 aromatic heterocycles. The minimum atomic E-state index is 0. The van der Waals surface area contributed by atoms with Gasteiger partial charge in [-0.1, -0.05) is 11.3 Å². The number of methoxy groups -OCH3 is 1. The van der Waals surface area contributed by atoms with Crippen LogP contribution in [0.4, 0.5) is 0 Å². The number of fused-ring (bicyclic) bond motifs is 1. The SMILES string of the molecule is CCOC(C)=Cc1sc2ccc(OC)cc2[n+]1CC.[I-]. The molecule has 3 nitrogen and oxygen atoms in total. The number of hydrogen-bond acceptors (Lipinski definition) is 3. The number of thiazole rings is 1. The summed E-state index contributed by atoms with van der Waals surface area (Å²) in [6.45, 7) is 7.78. The van der Waals surface area contributed by atoms with Crippen LogP contribution in [-0.2, 0) is 11.3 Å². The molecule has 0 aliphatic heterocycles. The summed E-state index contributed by atoms with van der Waals surface area (Å²) in [4.78, 5) is 0. The monoisotopic (exact) mass is 405 g/mol. The van der Waals surface area contributed by atoms with Crippen LogP contribution in [0.15, 0.2) is 24.0 Å². The predicted molar refractivity (Wildman–Crippen MR) is 79.5 cm³/mol. The van der Waals surface area contributed by atoms with E-state index in [2.05, 4.69) is 29.7 Å². The molecule has 5 heteroatoms. The first kappa shape index (κ1) is 17.2. The number of ether oxygens (including phenoxy) is 2. The molecule has 0 atom stereocenters. The Hall–Kier alpha value is -0.820. The molecule has 0 fully saturated rings. The zero-order valence-corrected chi connectivity index (χ0v) is 15.2. The molecular formula is C15H20INO2S. The average molecular weight is 405 g/mol. The first-order valence-corrected chi connectivity index (χ1v) is 7.32. The van der Waals surface area contributed by atoms with Crippen molar-refractivity contribution in [3.05, 3.63) is 29.0 Å². The zero-order chi connectivity index (χ0) is 13.8. The second-order valence-electron chi connectivity index (χ2n) is 4.21. The van der Waals surface area contributed by atoms with E-state index >= 15 is 0 Å². The van der Waals surface area contributed by atoms with Gasteiger partial charge in [0.25, 0.3) is 5.01 Å². The van der Waals surface area contributed by atoms with Gasteiger partial charge in [-0.25, -0.2) is 0 Å². The molecule has 0 saturated heterocycles. The summed E-state index contributed by atoms with van der Waals surface area (Å²) in [5, 5.41) is 1.21. The Morgan fingerprint density at radius 3 is 2.70 bits per heavy atom. The number of allylic oxidation sites excluding steroid dienone is 1. The fourth-order valence-electron chi connectivity index (χ4n) is 2.08. The highest BCUT2D eigenvalue weighted by Crippen LogP contribution is 2.26. The molecule has 0 aliphatic carbocycles. The van der Waals surface area contributed by atoms with Crippen molar-refractivity contribution < 1.29 is 38.0 Å². The summed E-state index contributed by atoms with van der Waals surface area (Å²) >= 11 is 1.77. The quantitative estimate of drug-likeness (QED) is 0.414. The Kier molecular flexibility index (Phi) is 6.75. The van der Waals surface area contributed by atoms with Crippen molar-refractivity contribution in [2.45, 2.75) is 27.3 Å². The lowest BCUT2D eigenvalue weighted by atomic mass is 10.3. The molecule has 0 bridgehead atoms. The van der Waals surface area contributed by atoms with E-state index in [4.69, 9.17) is 9.47 Å². The van der Waals surface area contributed by atoms with Gasteiger partial charge in [0.15, 0.2) is 0 Å². The van der Waals surface area contributed by atoms with Crippen molar-refractivity contribution in [3.63, 3.8) is 0 Å². The Morgan fingerprint density at radius 1 is 1.35 bits per heavy atom. The van der Waals surface area contributed by atoms with Gasteiger partial charge >= 0.3 is 0 Å². The normalized spacial score (nSPS) is 11.3. The molecule has 1 heterocycles. The van der Waals surface area contributed by atoms with E-state index in [1.807, 2.05) is 19.9 Å². The second-order valence-corrected chi connectivity index (χ2v) is 5.27. The first-order valence-electron chi connectivity index (χ1n) is 6.51. The van der Waals surface area contributed by atoms with Crippen molar-refractivity contribution in [2.75, 3.05) is 13.7 Å². The number of nitrogens with zero attached hydrogens (tertiary/aromatic N) is 1. The molecule has 110 valence electrons. The fraction of sp³-hybridized carbons (Fsp3) is 0.400.